The second-order valence-electron chi connectivity index (χ2n) is 5.32. The van der Waals surface area contributed by atoms with Crippen LogP contribution in [0.25, 0.3) is 0 Å². The van der Waals surface area contributed by atoms with Gasteiger partial charge in [-0.15, -0.1) is 0 Å². The van der Waals surface area contributed by atoms with Crippen LogP contribution in [0.1, 0.15) is 40.0 Å². The van der Waals surface area contributed by atoms with Crippen LogP contribution in [0.2, 0.25) is 0 Å². The summed E-state index contributed by atoms with van der Waals surface area (Å²) < 4.78 is 0. The Labute approximate surface area is 87.6 Å². The maximum absolute atomic E-state index is 6.02. The summed E-state index contributed by atoms with van der Waals surface area (Å²) in [6, 6.07) is 0.367. The van der Waals surface area contributed by atoms with Crippen LogP contribution in [-0.4, -0.2) is 18.6 Å². The van der Waals surface area contributed by atoms with Gasteiger partial charge in [-0.05, 0) is 38.6 Å². The topological polar surface area (TPSA) is 90.1 Å². The summed E-state index contributed by atoms with van der Waals surface area (Å²) in [7, 11) is 2.04. The van der Waals surface area contributed by atoms with E-state index in [1.54, 1.807) is 0 Å². The van der Waals surface area contributed by atoms with Crippen molar-refractivity contribution >= 4 is 0 Å². The smallest absolute Gasteiger partial charge is 0.0170 e. The zero-order chi connectivity index (χ0) is 11.4. The highest BCUT2D eigenvalue weighted by molar-refractivity contribution is 4.97. The summed E-state index contributed by atoms with van der Waals surface area (Å²) in [6.07, 6.45) is 3.49. The SMILES string of the molecule is CNC1(C)CC(N)CC(C)(C)C1.NN. The van der Waals surface area contributed by atoms with Crippen molar-refractivity contribution in [2.45, 2.75) is 51.6 Å². The zero-order valence-electron chi connectivity index (χ0n) is 9.93. The molecule has 1 aliphatic rings. The number of hydrogen-bond donors (Lipinski definition) is 4. The molecule has 1 rings (SSSR count). The summed E-state index contributed by atoms with van der Waals surface area (Å²) in [6.45, 7) is 6.89. The highest BCUT2D eigenvalue weighted by Crippen LogP contribution is 2.39. The molecule has 2 atom stereocenters. The van der Waals surface area contributed by atoms with E-state index in [2.05, 4.69) is 37.8 Å². The molecule has 1 fully saturated rings. The molecule has 1 aliphatic carbocycles. The molecule has 2 unspecified atom stereocenters. The van der Waals surface area contributed by atoms with Crippen LogP contribution >= 0.6 is 0 Å². The highest BCUT2D eigenvalue weighted by Gasteiger charge is 2.38. The summed E-state index contributed by atoms with van der Waals surface area (Å²) in [4.78, 5) is 0. The van der Waals surface area contributed by atoms with Crippen molar-refractivity contribution in [3.05, 3.63) is 0 Å². The molecule has 14 heavy (non-hydrogen) atoms. The van der Waals surface area contributed by atoms with E-state index in [0.29, 0.717) is 11.5 Å². The monoisotopic (exact) mass is 202 g/mol. The maximum Gasteiger partial charge on any atom is 0.0170 e. The minimum absolute atomic E-state index is 0.251. The van der Waals surface area contributed by atoms with E-state index in [1.165, 1.54) is 6.42 Å². The highest BCUT2D eigenvalue weighted by atomic mass is 15.0. The molecule has 0 radical (unpaired) electrons. The van der Waals surface area contributed by atoms with Gasteiger partial charge < -0.3 is 11.1 Å². The van der Waals surface area contributed by atoms with Crippen molar-refractivity contribution < 1.29 is 0 Å². The van der Waals surface area contributed by atoms with E-state index in [0.717, 1.165) is 12.8 Å². The van der Waals surface area contributed by atoms with Gasteiger partial charge in [0.05, 0.1) is 0 Å². The van der Waals surface area contributed by atoms with Crippen molar-refractivity contribution in [3.8, 4) is 0 Å². The molecule has 86 valence electrons. The van der Waals surface area contributed by atoms with Gasteiger partial charge in [0.15, 0.2) is 0 Å². The quantitative estimate of drug-likeness (QED) is 0.364. The Hall–Kier alpha value is -0.160. The second-order valence-corrected chi connectivity index (χ2v) is 5.32. The fraction of sp³-hybridized carbons (Fsp3) is 1.00. The fourth-order valence-electron chi connectivity index (χ4n) is 2.75. The Kier molecular flexibility index (Phi) is 5.01. The molecule has 0 aliphatic heterocycles. The van der Waals surface area contributed by atoms with Crippen molar-refractivity contribution in [2.75, 3.05) is 7.05 Å². The van der Waals surface area contributed by atoms with E-state index in [1.807, 2.05) is 7.05 Å². The van der Waals surface area contributed by atoms with Gasteiger partial charge in [0.25, 0.3) is 0 Å². The van der Waals surface area contributed by atoms with E-state index in [-0.39, 0.29) is 5.54 Å². The molecular formula is C10H26N4. The van der Waals surface area contributed by atoms with E-state index in [9.17, 15) is 0 Å². The largest absolute Gasteiger partial charge is 0.328 e. The number of rotatable bonds is 1. The normalized spacial score (nSPS) is 35.8. The predicted molar refractivity (Wildman–Crippen MR) is 61.4 cm³/mol. The first-order valence-corrected chi connectivity index (χ1v) is 5.15. The Morgan fingerprint density at radius 2 is 1.64 bits per heavy atom. The van der Waals surface area contributed by atoms with Crippen molar-refractivity contribution in [1.82, 2.24) is 5.32 Å². The lowest BCUT2D eigenvalue weighted by Gasteiger charge is -2.45. The average molecular weight is 202 g/mol. The molecular weight excluding hydrogens is 176 g/mol. The number of hydrazine groups is 1. The predicted octanol–water partition coefficient (Wildman–Crippen LogP) is 0.321. The van der Waals surface area contributed by atoms with Gasteiger partial charge in [-0.2, -0.15) is 0 Å². The maximum atomic E-state index is 6.02. The first-order valence-electron chi connectivity index (χ1n) is 5.15. The van der Waals surface area contributed by atoms with Gasteiger partial charge in [0.1, 0.15) is 0 Å². The second kappa shape index (κ2) is 5.07. The molecule has 4 nitrogen and oxygen atoms in total. The van der Waals surface area contributed by atoms with Crippen LogP contribution < -0.4 is 22.7 Å². The van der Waals surface area contributed by atoms with Crippen LogP contribution in [0, 0.1) is 5.41 Å². The molecule has 4 heteroatoms. The van der Waals surface area contributed by atoms with Crippen molar-refractivity contribution in [1.29, 1.82) is 0 Å². The minimum atomic E-state index is 0.251. The lowest BCUT2D eigenvalue weighted by atomic mass is 9.67. The standard InChI is InChI=1S/C10H22N2.H4N2/c1-9(2)5-8(11)6-10(3,7-9)12-4;1-2/h8,12H,5-7,11H2,1-4H3;1-2H2. The van der Waals surface area contributed by atoms with Crippen LogP contribution in [0.4, 0.5) is 0 Å². The summed E-state index contributed by atoms with van der Waals surface area (Å²) in [5.41, 5.74) is 6.67. The van der Waals surface area contributed by atoms with Gasteiger partial charge in [0.2, 0.25) is 0 Å². The summed E-state index contributed by atoms with van der Waals surface area (Å²) in [5.74, 6) is 8.00. The third kappa shape index (κ3) is 3.92. The third-order valence-electron chi connectivity index (χ3n) is 3.00. The van der Waals surface area contributed by atoms with E-state index >= 15 is 0 Å². The molecule has 7 N–H and O–H groups in total. The third-order valence-corrected chi connectivity index (χ3v) is 3.00. The Morgan fingerprint density at radius 1 is 1.14 bits per heavy atom. The fourth-order valence-corrected chi connectivity index (χ4v) is 2.75. The van der Waals surface area contributed by atoms with Gasteiger partial charge in [0, 0.05) is 11.6 Å². The Balaban J connectivity index is 0.000000791. The number of hydrogen-bond acceptors (Lipinski definition) is 4. The van der Waals surface area contributed by atoms with Crippen LogP contribution in [-0.2, 0) is 0 Å². The number of nitrogens with one attached hydrogen (secondary N) is 1. The van der Waals surface area contributed by atoms with Gasteiger partial charge in [-0.3, -0.25) is 11.7 Å². The lowest BCUT2D eigenvalue weighted by molar-refractivity contribution is 0.123. The first kappa shape index (κ1) is 13.8. The molecule has 1 saturated carbocycles. The summed E-state index contributed by atoms with van der Waals surface area (Å²) in [5, 5.41) is 3.39. The molecule has 0 aromatic rings. The van der Waals surface area contributed by atoms with Gasteiger partial charge in [-0.25, -0.2) is 0 Å². The summed E-state index contributed by atoms with van der Waals surface area (Å²) >= 11 is 0. The van der Waals surface area contributed by atoms with E-state index < -0.39 is 0 Å². The minimum Gasteiger partial charge on any atom is -0.328 e. The van der Waals surface area contributed by atoms with Crippen molar-refractivity contribution in [3.63, 3.8) is 0 Å². The van der Waals surface area contributed by atoms with Gasteiger partial charge >= 0.3 is 0 Å². The van der Waals surface area contributed by atoms with Crippen LogP contribution in [0.15, 0.2) is 0 Å². The molecule has 0 heterocycles. The Bertz CT molecular complexity index is 170. The number of nitrogens with two attached hydrogens (primary N) is 3. The average Bonchev–Trinajstić information content (AvgIpc) is 2.04. The molecule has 0 bridgehead atoms. The zero-order valence-corrected chi connectivity index (χ0v) is 9.93. The molecule has 0 aromatic carbocycles. The van der Waals surface area contributed by atoms with Crippen LogP contribution in [0.3, 0.4) is 0 Å². The van der Waals surface area contributed by atoms with E-state index in [4.69, 9.17) is 5.73 Å². The molecule has 0 amide bonds. The molecule has 0 aromatic heterocycles. The first-order chi connectivity index (χ1) is 6.37. The van der Waals surface area contributed by atoms with Crippen molar-refractivity contribution in [2.24, 2.45) is 22.8 Å². The van der Waals surface area contributed by atoms with Crippen LogP contribution in [0.5, 0.6) is 0 Å². The lowest BCUT2D eigenvalue weighted by Crippen LogP contribution is -2.52. The van der Waals surface area contributed by atoms with Gasteiger partial charge in [-0.1, -0.05) is 13.8 Å². The molecule has 0 saturated heterocycles. The Morgan fingerprint density at radius 3 is 2.00 bits per heavy atom. The molecule has 0 spiro atoms.